The number of carbonyl (C=O) groups is 1. The second-order valence-corrected chi connectivity index (χ2v) is 5.45. The average molecular weight is 274 g/mol. The first-order valence-electron chi connectivity index (χ1n) is 7.19. The molecule has 0 saturated carbocycles. The number of ether oxygens (including phenoxy) is 1. The highest BCUT2D eigenvalue weighted by molar-refractivity contribution is 5.75. The number of nitrogens with zero attached hydrogens (tertiary/aromatic N) is 1. The Morgan fingerprint density at radius 3 is 2.90 bits per heavy atom. The molecule has 1 aromatic heterocycles. The van der Waals surface area contributed by atoms with E-state index >= 15 is 0 Å². The van der Waals surface area contributed by atoms with Crippen molar-refractivity contribution < 1.29 is 9.53 Å². The van der Waals surface area contributed by atoms with E-state index in [1.54, 1.807) is 0 Å². The number of nitrogens with one attached hydrogen (secondary N) is 1. The third kappa shape index (κ3) is 4.08. The number of fused-ring (bicyclic) bond motifs is 1. The van der Waals surface area contributed by atoms with Crippen molar-refractivity contribution in [2.45, 2.75) is 52.6 Å². The Kier molecular flexibility index (Phi) is 4.77. The molecular weight excluding hydrogens is 252 g/mol. The predicted octanol–water partition coefficient (Wildman–Crippen LogP) is 3.54. The van der Waals surface area contributed by atoms with E-state index in [4.69, 9.17) is 4.74 Å². The van der Waals surface area contributed by atoms with Gasteiger partial charge in [0.25, 0.3) is 0 Å². The van der Waals surface area contributed by atoms with Crippen molar-refractivity contribution in [1.82, 2.24) is 9.97 Å². The molecule has 0 fully saturated rings. The van der Waals surface area contributed by atoms with Gasteiger partial charge in [-0.05, 0) is 51.3 Å². The highest BCUT2D eigenvalue weighted by Gasteiger charge is 2.06. The van der Waals surface area contributed by atoms with Crippen molar-refractivity contribution in [3.05, 3.63) is 29.6 Å². The number of esters is 1. The molecule has 0 radical (unpaired) electrons. The minimum absolute atomic E-state index is 0.0267. The van der Waals surface area contributed by atoms with E-state index in [-0.39, 0.29) is 12.1 Å². The van der Waals surface area contributed by atoms with Crippen LogP contribution in [0, 0.1) is 6.92 Å². The molecule has 20 heavy (non-hydrogen) atoms. The highest BCUT2D eigenvalue weighted by Crippen LogP contribution is 2.14. The van der Waals surface area contributed by atoms with Crippen LogP contribution in [0.4, 0.5) is 0 Å². The highest BCUT2D eigenvalue weighted by atomic mass is 16.5. The molecule has 0 aliphatic heterocycles. The number of carbonyl (C=O) groups excluding carboxylic acids is 1. The maximum Gasteiger partial charge on any atom is 0.306 e. The third-order valence-corrected chi connectivity index (χ3v) is 3.10. The van der Waals surface area contributed by atoms with Crippen molar-refractivity contribution in [3.63, 3.8) is 0 Å². The Balaban J connectivity index is 1.80. The summed E-state index contributed by atoms with van der Waals surface area (Å²) in [6, 6.07) is 6.20. The Morgan fingerprint density at radius 2 is 2.15 bits per heavy atom. The number of rotatable bonds is 6. The molecule has 1 N–H and O–H groups in total. The predicted molar refractivity (Wildman–Crippen MR) is 79.6 cm³/mol. The number of imidazole rings is 1. The van der Waals surface area contributed by atoms with Crippen LogP contribution in [0.1, 0.15) is 44.5 Å². The van der Waals surface area contributed by atoms with Gasteiger partial charge in [-0.15, -0.1) is 0 Å². The summed E-state index contributed by atoms with van der Waals surface area (Å²) in [7, 11) is 0. The van der Waals surface area contributed by atoms with Gasteiger partial charge in [-0.3, -0.25) is 4.79 Å². The topological polar surface area (TPSA) is 55.0 Å². The quantitative estimate of drug-likeness (QED) is 0.647. The van der Waals surface area contributed by atoms with Gasteiger partial charge < -0.3 is 9.72 Å². The van der Waals surface area contributed by atoms with E-state index < -0.39 is 0 Å². The Morgan fingerprint density at radius 1 is 1.35 bits per heavy atom. The summed E-state index contributed by atoms with van der Waals surface area (Å²) in [5, 5.41) is 0. The molecule has 0 saturated heterocycles. The molecular formula is C16H22N2O2. The molecule has 0 atom stereocenters. The molecule has 2 rings (SSSR count). The standard InChI is InChI=1S/C16H22N2O2/c1-11(2)20-16(19)7-5-4-6-15-17-13-9-8-12(3)10-14(13)18-15/h8-11H,4-7H2,1-3H3,(H,17,18). The molecule has 108 valence electrons. The van der Waals surface area contributed by atoms with E-state index in [0.29, 0.717) is 6.42 Å². The lowest BCUT2D eigenvalue weighted by atomic mass is 10.2. The number of hydrogen-bond acceptors (Lipinski definition) is 3. The number of unbranched alkanes of at least 4 members (excludes halogenated alkanes) is 1. The van der Waals surface area contributed by atoms with Gasteiger partial charge in [0.15, 0.2) is 0 Å². The third-order valence-electron chi connectivity index (χ3n) is 3.10. The van der Waals surface area contributed by atoms with Crippen LogP contribution in [0.25, 0.3) is 11.0 Å². The number of hydrogen-bond donors (Lipinski definition) is 1. The summed E-state index contributed by atoms with van der Waals surface area (Å²) in [5.41, 5.74) is 3.31. The lowest BCUT2D eigenvalue weighted by molar-refractivity contribution is -0.147. The van der Waals surface area contributed by atoms with Crippen LogP contribution in [0.3, 0.4) is 0 Å². The zero-order valence-electron chi connectivity index (χ0n) is 12.4. The van der Waals surface area contributed by atoms with Gasteiger partial charge in [0.05, 0.1) is 17.1 Å². The maximum atomic E-state index is 11.4. The molecule has 0 aliphatic rings. The van der Waals surface area contributed by atoms with E-state index in [0.717, 1.165) is 36.1 Å². The molecule has 0 bridgehead atoms. The van der Waals surface area contributed by atoms with Gasteiger partial charge in [-0.2, -0.15) is 0 Å². The molecule has 2 aromatic rings. The van der Waals surface area contributed by atoms with Crippen LogP contribution < -0.4 is 0 Å². The van der Waals surface area contributed by atoms with Crippen LogP contribution >= 0.6 is 0 Å². The van der Waals surface area contributed by atoms with Crippen molar-refractivity contribution in [3.8, 4) is 0 Å². The SMILES string of the molecule is Cc1ccc2nc(CCCCC(=O)OC(C)C)[nH]c2c1. The Labute approximate surface area is 119 Å². The van der Waals surface area contributed by atoms with E-state index in [2.05, 4.69) is 29.0 Å². The molecule has 0 spiro atoms. The molecule has 1 heterocycles. The fraction of sp³-hybridized carbons (Fsp3) is 0.500. The molecule has 0 unspecified atom stereocenters. The van der Waals surface area contributed by atoms with Gasteiger partial charge in [0.2, 0.25) is 0 Å². The Hall–Kier alpha value is -1.84. The van der Waals surface area contributed by atoms with Crippen LogP contribution in [-0.4, -0.2) is 22.0 Å². The first kappa shape index (κ1) is 14.6. The van der Waals surface area contributed by atoms with Crippen molar-refractivity contribution in [1.29, 1.82) is 0 Å². The molecule has 1 aromatic carbocycles. The second kappa shape index (κ2) is 6.55. The van der Waals surface area contributed by atoms with Crippen molar-refractivity contribution in [2.75, 3.05) is 0 Å². The largest absolute Gasteiger partial charge is 0.463 e. The summed E-state index contributed by atoms with van der Waals surface area (Å²) in [4.78, 5) is 19.3. The number of H-pyrrole nitrogens is 1. The first-order chi connectivity index (χ1) is 9.54. The zero-order chi connectivity index (χ0) is 14.5. The maximum absolute atomic E-state index is 11.4. The number of aryl methyl sites for hydroxylation is 2. The fourth-order valence-corrected chi connectivity index (χ4v) is 2.18. The minimum atomic E-state index is -0.111. The van der Waals surface area contributed by atoms with Gasteiger partial charge in [0.1, 0.15) is 5.82 Å². The number of benzene rings is 1. The smallest absolute Gasteiger partial charge is 0.306 e. The van der Waals surface area contributed by atoms with E-state index in [1.807, 2.05) is 19.9 Å². The molecule has 4 heteroatoms. The van der Waals surface area contributed by atoms with Gasteiger partial charge in [-0.25, -0.2) is 4.98 Å². The summed E-state index contributed by atoms with van der Waals surface area (Å²) in [6.07, 6.45) is 3.09. The summed E-state index contributed by atoms with van der Waals surface area (Å²) >= 11 is 0. The zero-order valence-corrected chi connectivity index (χ0v) is 12.4. The van der Waals surface area contributed by atoms with Crippen molar-refractivity contribution in [2.24, 2.45) is 0 Å². The van der Waals surface area contributed by atoms with E-state index in [9.17, 15) is 4.79 Å². The second-order valence-electron chi connectivity index (χ2n) is 5.45. The van der Waals surface area contributed by atoms with Gasteiger partial charge in [0, 0.05) is 12.8 Å². The summed E-state index contributed by atoms with van der Waals surface area (Å²) in [5.74, 6) is 0.878. The minimum Gasteiger partial charge on any atom is -0.463 e. The van der Waals surface area contributed by atoms with Gasteiger partial charge in [-0.1, -0.05) is 6.07 Å². The number of aromatic amines is 1. The van der Waals surface area contributed by atoms with Gasteiger partial charge >= 0.3 is 5.97 Å². The van der Waals surface area contributed by atoms with Crippen LogP contribution in [0.5, 0.6) is 0 Å². The molecule has 0 aliphatic carbocycles. The normalized spacial score (nSPS) is 11.2. The Bertz CT molecular complexity index is 587. The van der Waals surface area contributed by atoms with Crippen LogP contribution in [-0.2, 0) is 16.0 Å². The lowest BCUT2D eigenvalue weighted by Crippen LogP contribution is -2.10. The fourth-order valence-electron chi connectivity index (χ4n) is 2.18. The van der Waals surface area contributed by atoms with Crippen molar-refractivity contribution >= 4 is 17.0 Å². The first-order valence-corrected chi connectivity index (χ1v) is 7.19. The van der Waals surface area contributed by atoms with Crippen LogP contribution in [0.2, 0.25) is 0 Å². The molecule has 0 amide bonds. The molecule has 4 nitrogen and oxygen atoms in total. The monoisotopic (exact) mass is 274 g/mol. The average Bonchev–Trinajstić information content (AvgIpc) is 2.75. The summed E-state index contributed by atoms with van der Waals surface area (Å²) in [6.45, 7) is 5.81. The van der Waals surface area contributed by atoms with Crippen LogP contribution in [0.15, 0.2) is 18.2 Å². The lowest BCUT2D eigenvalue weighted by Gasteiger charge is -2.06. The summed E-state index contributed by atoms with van der Waals surface area (Å²) < 4.78 is 5.10. The van der Waals surface area contributed by atoms with E-state index in [1.165, 1.54) is 5.56 Å². The number of aromatic nitrogens is 2.